The van der Waals surface area contributed by atoms with Gasteiger partial charge in [-0.15, -0.1) is 0 Å². The van der Waals surface area contributed by atoms with Crippen LogP contribution in [0.25, 0.3) is 0 Å². The van der Waals surface area contributed by atoms with Gasteiger partial charge in [-0.3, -0.25) is 14.4 Å². The molecule has 182 valence electrons. The first kappa shape index (κ1) is 24.1. The molecule has 0 saturated heterocycles. The Morgan fingerprint density at radius 1 is 0.829 bits per heavy atom. The van der Waals surface area contributed by atoms with Crippen molar-refractivity contribution < 1.29 is 18.8 Å². The van der Waals surface area contributed by atoms with Gasteiger partial charge in [0.1, 0.15) is 5.76 Å². The van der Waals surface area contributed by atoms with Crippen molar-refractivity contribution in [3.05, 3.63) is 83.8 Å². The zero-order valence-corrected chi connectivity index (χ0v) is 19.5. The highest BCUT2D eigenvalue weighted by molar-refractivity contribution is 5.98. The molecule has 2 aromatic carbocycles. The van der Waals surface area contributed by atoms with E-state index in [0.29, 0.717) is 22.6 Å². The summed E-state index contributed by atoms with van der Waals surface area (Å²) in [7, 11) is 0. The molecule has 4 rings (SSSR count). The molecule has 35 heavy (non-hydrogen) atoms. The fourth-order valence-electron chi connectivity index (χ4n) is 4.06. The summed E-state index contributed by atoms with van der Waals surface area (Å²) in [6.45, 7) is 0.329. The standard InChI is InChI=1S/C27H30N4O4/c32-25(30-23-9-4-6-20(16-23)26(33)29-17-24-10-5-15-35-24)18-28-21-13-11-19(12-14-21)27(34)31-22-7-2-1-3-8-22/h4-6,9-16,22,28H,1-3,7-8,17-18H2,(H,29,33)(H,30,32)(H,31,34). The Balaban J connectivity index is 1.23. The Bertz CT molecular complexity index is 1140. The molecule has 0 atom stereocenters. The predicted molar refractivity (Wildman–Crippen MR) is 134 cm³/mol. The van der Waals surface area contributed by atoms with Crippen LogP contribution in [0.1, 0.15) is 58.6 Å². The molecule has 1 aromatic heterocycles. The maximum atomic E-state index is 12.4. The van der Waals surface area contributed by atoms with E-state index < -0.39 is 0 Å². The van der Waals surface area contributed by atoms with Crippen LogP contribution >= 0.6 is 0 Å². The molecular formula is C27H30N4O4. The van der Waals surface area contributed by atoms with Gasteiger partial charge in [-0.25, -0.2) is 0 Å². The summed E-state index contributed by atoms with van der Waals surface area (Å²) in [5.41, 5.74) is 2.30. The molecule has 1 saturated carbocycles. The van der Waals surface area contributed by atoms with Gasteiger partial charge in [0.15, 0.2) is 0 Å². The van der Waals surface area contributed by atoms with Crippen LogP contribution in [-0.2, 0) is 11.3 Å². The Morgan fingerprint density at radius 2 is 1.63 bits per heavy atom. The van der Waals surface area contributed by atoms with Gasteiger partial charge in [0, 0.05) is 28.5 Å². The zero-order valence-electron chi connectivity index (χ0n) is 19.5. The van der Waals surface area contributed by atoms with E-state index in [1.165, 1.54) is 19.3 Å². The molecule has 1 aliphatic carbocycles. The maximum absolute atomic E-state index is 12.4. The van der Waals surface area contributed by atoms with Crippen molar-refractivity contribution in [3.8, 4) is 0 Å². The topological polar surface area (TPSA) is 112 Å². The summed E-state index contributed by atoms with van der Waals surface area (Å²) in [5, 5.41) is 11.7. The highest BCUT2D eigenvalue weighted by Crippen LogP contribution is 2.18. The van der Waals surface area contributed by atoms with Crippen LogP contribution in [0.2, 0.25) is 0 Å². The van der Waals surface area contributed by atoms with Gasteiger partial charge in [0.05, 0.1) is 19.4 Å². The fourth-order valence-corrected chi connectivity index (χ4v) is 4.06. The van der Waals surface area contributed by atoms with Crippen molar-refractivity contribution in [1.82, 2.24) is 10.6 Å². The smallest absolute Gasteiger partial charge is 0.251 e. The minimum atomic E-state index is -0.261. The van der Waals surface area contributed by atoms with Crippen LogP contribution in [0.4, 0.5) is 11.4 Å². The lowest BCUT2D eigenvalue weighted by Crippen LogP contribution is -2.36. The summed E-state index contributed by atoms with van der Waals surface area (Å²) in [6.07, 6.45) is 7.21. The van der Waals surface area contributed by atoms with E-state index >= 15 is 0 Å². The highest BCUT2D eigenvalue weighted by Gasteiger charge is 2.16. The summed E-state index contributed by atoms with van der Waals surface area (Å²) in [4.78, 5) is 37.2. The lowest BCUT2D eigenvalue weighted by Gasteiger charge is -2.22. The molecule has 0 bridgehead atoms. The molecule has 1 heterocycles. The number of anilines is 2. The highest BCUT2D eigenvalue weighted by atomic mass is 16.3. The van der Waals surface area contributed by atoms with Gasteiger partial charge in [-0.05, 0) is 67.4 Å². The van der Waals surface area contributed by atoms with Gasteiger partial charge in [0.2, 0.25) is 5.91 Å². The number of amides is 3. The number of hydrogen-bond donors (Lipinski definition) is 4. The second-order valence-electron chi connectivity index (χ2n) is 8.63. The molecular weight excluding hydrogens is 444 g/mol. The van der Waals surface area contributed by atoms with E-state index in [0.717, 1.165) is 18.5 Å². The minimum absolute atomic E-state index is 0.0442. The number of carbonyl (C=O) groups excluding carboxylic acids is 3. The van der Waals surface area contributed by atoms with Gasteiger partial charge in [-0.2, -0.15) is 0 Å². The number of carbonyl (C=O) groups is 3. The molecule has 4 N–H and O–H groups in total. The molecule has 0 aliphatic heterocycles. The number of nitrogens with one attached hydrogen (secondary N) is 4. The lowest BCUT2D eigenvalue weighted by atomic mass is 9.95. The van der Waals surface area contributed by atoms with E-state index in [4.69, 9.17) is 4.42 Å². The number of benzene rings is 2. The van der Waals surface area contributed by atoms with E-state index in [-0.39, 0.29) is 36.9 Å². The average molecular weight is 475 g/mol. The number of rotatable bonds is 9. The zero-order chi connectivity index (χ0) is 24.5. The van der Waals surface area contributed by atoms with Crippen LogP contribution in [0, 0.1) is 0 Å². The Hall–Kier alpha value is -4.07. The van der Waals surface area contributed by atoms with Crippen molar-refractivity contribution in [2.24, 2.45) is 0 Å². The Labute approximate surface area is 204 Å². The summed E-state index contributed by atoms with van der Waals surface area (Å²) < 4.78 is 5.21. The monoisotopic (exact) mass is 474 g/mol. The Kier molecular flexibility index (Phi) is 8.17. The van der Waals surface area contributed by atoms with Crippen LogP contribution < -0.4 is 21.3 Å². The van der Waals surface area contributed by atoms with Crippen LogP contribution in [0.5, 0.6) is 0 Å². The van der Waals surface area contributed by atoms with Crippen LogP contribution in [0.15, 0.2) is 71.3 Å². The molecule has 0 spiro atoms. The van der Waals surface area contributed by atoms with Crippen LogP contribution in [0.3, 0.4) is 0 Å². The minimum Gasteiger partial charge on any atom is -0.467 e. The van der Waals surface area contributed by atoms with E-state index in [1.807, 2.05) is 0 Å². The summed E-state index contributed by atoms with van der Waals surface area (Å²) in [5.74, 6) is 0.0848. The van der Waals surface area contributed by atoms with Crippen molar-refractivity contribution in [1.29, 1.82) is 0 Å². The summed E-state index contributed by atoms with van der Waals surface area (Å²) in [6, 6.07) is 17.6. The maximum Gasteiger partial charge on any atom is 0.251 e. The van der Waals surface area contributed by atoms with E-state index in [1.54, 1.807) is 66.9 Å². The van der Waals surface area contributed by atoms with Crippen molar-refractivity contribution in [2.45, 2.75) is 44.7 Å². The van der Waals surface area contributed by atoms with E-state index in [2.05, 4.69) is 21.3 Å². The quantitative estimate of drug-likeness (QED) is 0.369. The molecule has 0 unspecified atom stereocenters. The lowest BCUT2D eigenvalue weighted by molar-refractivity contribution is -0.114. The molecule has 3 amide bonds. The van der Waals surface area contributed by atoms with Gasteiger partial charge < -0.3 is 25.7 Å². The third-order valence-corrected chi connectivity index (χ3v) is 5.95. The first-order valence-corrected chi connectivity index (χ1v) is 11.9. The SMILES string of the molecule is O=C(CNc1ccc(C(=O)NC2CCCCC2)cc1)Nc1cccc(C(=O)NCc2ccco2)c1. The van der Waals surface area contributed by atoms with Crippen LogP contribution in [-0.4, -0.2) is 30.3 Å². The van der Waals surface area contributed by atoms with Crippen molar-refractivity contribution >= 4 is 29.1 Å². The molecule has 8 heteroatoms. The third-order valence-electron chi connectivity index (χ3n) is 5.95. The average Bonchev–Trinajstić information content (AvgIpc) is 3.41. The van der Waals surface area contributed by atoms with E-state index in [9.17, 15) is 14.4 Å². The molecule has 3 aromatic rings. The third kappa shape index (κ3) is 7.20. The number of hydrogen-bond acceptors (Lipinski definition) is 5. The predicted octanol–water partition coefficient (Wildman–Crippen LogP) is 4.32. The van der Waals surface area contributed by atoms with Gasteiger partial charge in [-0.1, -0.05) is 25.3 Å². The normalized spacial score (nSPS) is 13.6. The van der Waals surface area contributed by atoms with Crippen molar-refractivity contribution in [3.63, 3.8) is 0 Å². The second kappa shape index (κ2) is 11.9. The molecule has 8 nitrogen and oxygen atoms in total. The molecule has 1 aliphatic rings. The van der Waals surface area contributed by atoms with Gasteiger partial charge >= 0.3 is 0 Å². The molecule has 1 fully saturated rings. The number of furan rings is 1. The first-order valence-electron chi connectivity index (χ1n) is 11.9. The molecule has 0 radical (unpaired) electrons. The van der Waals surface area contributed by atoms with Crippen molar-refractivity contribution in [2.75, 3.05) is 17.2 Å². The fraction of sp³-hybridized carbons (Fsp3) is 0.296. The first-order chi connectivity index (χ1) is 17.1. The second-order valence-corrected chi connectivity index (χ2v) is 8.63. The van der Waals surface area contributed by atoms with Gasteiger partial charge in [0.25, 0.3) is 11.8 Å². The Morgan fingerprint density at radius 3 is 2.37 bits per heavy atom. The summed E-state index contributed by atoms with van der Waals surface area (Å²) >= 11 is 0. The largest absolute Gasteiger partial charge is 0.467 e.